The van der Waals surface area contributed by atoms with Crippen LogP contribution in [0.25, 0.3) is 0 Å². The second kappa shape index (κ2) is 88.5. The van der Waals surface area contributed by atoms with E-state index in [-0.39, 0.29) is 19.3 Å². The van der Waals surface area contributed by atoms with E-state index < -0.39 is 91.5 Å². The lowest BCUT2D eigenvalue weighted by Crippen LogP contribution is -2.30. The first-order valence-corrected chi connectivity index (χ1v) is 48.8. The Bertz CT molecular complexity index is 2720. The number of ether oxygens (including phenoxy) is 3. The van der Waals surface area contributed by atoms with Gasteiger partial charge in [-0.1, -0.05) is 365 Å². The van der Waals surface area contributed by atoms with Gasteiger partial charge in [0, 0.05) is 19.3 Å². The van der Waals surface area contributed by atoms with Crippen molar-refractivity contribution in [3.05, 3.63) is 158 Å². The topological polar surface area (TPSA) is 231 Å². The number of hydrogen-bond donors (Lipinski definition) is 4. The molecule has 660 valence electrons. The Labute approximate surface area is 701 Å². The van der Waals surface area contributed by atoms with Gasteiger partial charge in [0.05, 0.1) is 26.4 Å². The zero-order valence-electron chi connectivity index (χ0n) is 72.7. The Kier molecular flexibility index (Phi) is 84.7. The van der Waals surface area contributed by atoms with E-state index in [1.54, 1.807) is 0 Å². The Hall–Kier alpha value is -4.83. The number of aliphatic hydroxyl groups excluding tert-OH is 2. The molecule has 16 nitrogen and oxygen atoms in total. The molecular formula is C97H166O16P2. The van der Waals surface area contributed by atoms with Crippen LogP contribution in [0, 0.1) is 0 Å². The highest BCUT2D eigenvalue weighted by molar-refractivity contribution is 7.47. The van der Waals surface area contributed by atoms with Crippen molar-refractivity contribution in [2.24, 2.45) is 0 Å². The lowest BCUT2D eigenvalue weighted by molar-refractivity contribution is -0.161. The van der Waals surface area contributed by atoms with Gasteiger partial charge in [0.25, 0.3) is 0 Å². The third-order valence-corrected chi connectivity index (χ3v) is 21.1. The summed E-state index contributed by atoms with van der Waals surface area (Å²) in [6, 6.07) is 0. The molecule has 0 aromatic heterocycles. The summed E-state index contributed by atoms with van der Waals surface area (Å²) in [5.74, 6) is -1.59. The number of carbonyl (C=O) groups is 3. The van der Waals surface area contributed by atoms with Gasteiger partial charge in [-0.15, -0.1) is 0 Å². The van der Waals surface area contributed by atoms with Crippen molar-refractivity contribution in [1.29, 1.82) is 0 Å². The number of carbonyl (C=O) groups excluding carboxylic acids is 3. The minimum absolute atomic E-state index is 0.0873. The van der Waals surface area contributed by atoms with Crippen molar-refractivity contribution in [3.63, 3.8) is 0 Å². The van der Waals surface area contributed by atoms with Gasteiger partial charge in [-0.2, -0.15) is 0 Å². The first kappa shape index (κ1) is 110. The molecule has 0 heterocycles. The monoisotopic (exact) mass is 1650 g/mol. The first-order chi connectivity index (χ1) is 56.2. The second-order valence-electron chi connectivity index (χ2n) is 30.4. The molecule has 0 bridgehead atoms. The molecule has 0 radical (unpaired) electrons. The normalized spacial score (nSPS) is 14.5. The molecule has 115 heavy (non-hydrogen) atoms. The third kappa shape index (κ3) is 89.8. The quantitative estimate of drug-likeness (QED) is 0.0146. The largest absolute Gasteiger partial charge is 0.472 e. The number of esters is 3. The zero-order valence-corrected chi connectivity index (χ0v) is 74.5. The van der Waals surface area contributed by atoms with E-state index in [9.17, 15) is 43.5 Å². The fourth-order valence-corrected chi connectivity index (χ4v) is 13.9. The minimum atomic E-state index is -4.95. The van der Waals surface area contributed by atoms with E-state index in [1.807, 2.05) is 0 Å². The summed E-state index contributed by atoms with van der Waals surface area (Å²) in [5.41, 5.74) is 0. The molecule has 0 aliphatic rings. The van der Waals surface area contributed by atoms with Crippen LogP contribution in [-0.4, -0.2) is 95.9 Å². The highest BCUT2D eigenvalue weighted by atomic mass is 31.2. The van der Waals surface area contributed by atoms with Crippen molar-refractivity contribution in [2.45, 2.75) is 399 Å². The first-order valence-electron chi connectivity index (χ1n) is 45.8. The summed E-state index contributed by atoms with van der Waals surface area (Å²) < 4.78 is 61.5. The van der Waals surface area contributed by atoms with Crippen molar-refractivity contribution in [1.82, 2.24) is 0 Å². The molecule has 5 unspecified atom stereocenters. The summed E-state index contributed by atoms with van der Waals surface area (Å²) in [6.45, 7) is 2.54. The summed E-state index contributed by atoms with van der Waals surface area (Å²) in [7, 11) is -9.82. The number of aliphatic hydroxyl groups is 2. The Balaban J connectivity index is 4.62. The summed E-state index contributed by atoms with van der Waals surface area (Å²) in [4.78, 5) is 59.0. The molecule has 0 spiro atoms. The lowest BCUT2D eigenvalue weighted by atomic mass is 10.0. The predicted molar refractivity (Wildman–Crippen MR) is 482 cm³/mol. The SMILES string of the molecule is CC/C=C\C/C=C\C/C=C\C/C=C\C/C=C\CCCCCCCCCCCCCCCCCC(=O)OCC(O)COP(=O)(O)OCC(O)COP(=O)(O)OCC(COC(=O)CCCCCCCCCCC/C=C\C/C=C\C/C=C\C/C=C\CCCCC)OC(=O)CCCCCCCCC/C=C\C/C=C\C/C=C\C/C=C\CCCCC. The molecule has 4 N–H and O–H groups in total. The van der Waals surface area contributed by atoms with Gasteiger partial charge in [-0.25, -0.2) is 9.13 Å². The fraction of sp³-hybridized carbons (Fsp3) is 0.701. The lowest BCUT2D eigenvalue weighted by Gasteiger charge is -2.21. The van der Waals surface area contributed by atoms with Crippen LogP contribution in [0.3, 0.4) is 0 Å². The predicted octanol–water partition coefficient (Wildman–Crippen LogP) is 28.1. The number of unbranched alkanes of at least 4 members (excludes halogenated alkanes) is 37. The van der Waals surface area contributed by atoms with Gasteiger partial charge in [0.15, 0.2) is 6.10 Å². The highest BCUT2D eigenvalue weighted by Crippen LogP contribution is 2.45. The van der Waals surface area contributed by atoms with E-state index >= 15 is 0 Å². The summed E-state index contributed by atoms with van der Waals surface area (Å²) >= 11 is 0. The molecule has 0 aromatic rings. The standard InChI is InChI=1S/C97H166O16P2/c1-4-7-10-13-16-19-22-25-28-31-34-37-40-42-43-44-45-46-47-49-52-53-56-59-62-65-68-71-74-77-80-83-95(100)107-86-92(98)87-109-114(103,104)110-88-93(99)89-111-115(105,106)112-91-94(113-97(102)85-82-79-76-73-70-67-64-61-58-55-50-39-36-33-30-27-24-21-18-15-12-9-6-3)90-108-96(101)84-81-78-75-72-69-66-63-60-57-54-51-48-41-38-35-32-29-26-23-20-17-14-11-8-5-2/h7,10,16-21,25-30,34-39,42-43,48,51,55,58,92-94,98-99H,4-6,8-9,11-15,22-24,31-33,40-41,44-47,49-50,52-54,56-57,59-91H2,1-3H3,(H,103,104)(H,105,106)/b10-7-,19-16-,20-17-,21-18-,28-25-,29-26-,30-27-,37-34-,38-35-,39-36-,43-42-,51-48-,58-55-. The number of phosphoric acid groups is 2. The number of allylic oxidation sites excluding steroid dienone is 26. The Morgan fingerprint density at radius 3 is 0.730 bits per heavy atom. The van der Waals surface area contributed by atoms with E-state index in [1.165, 1.54) is 154 Å². The smallest absolute Gasteiger partial charge is 0.463 e. The third-order valence-electron chi connectivity index (χ3n) is 19.2. The minimum Gasteiger partial charge on any atom is -0.463 e. The van der Waals surface area contributed by atoms with Crippen LogP contribution in [0.5, 0.6) is 0 Å². The Morgan fingerprint density at radius 1 is 0.252 bits per heavy atom. The van der Waals surface area contributed by atoms with Crippen LogP contribution in [0.1, 0.15) is 380 Å². The maximum atomic E-state index is 13.1. The van der Waals surface area contributed by atoms with Crippen molar-refractivity contribution < 1.29 is 75.8 Å². The second-order valence-corrected chi connectivity index (χ2v) is 33.3. The maximum absolute atomic E-state index is 13.1. The number of hydrogen-bond acceptors (Lipinski definition) is 14. The summed E-state index contributed by atoms with van der Waals surface area (Å²) in [5, 5.41) is 20.7. The molecule has 0 aromatic carbocycles. The molecule has 0 saturated carbocycles. The average Bonchev–Trinajstić information content (AvgIpc) is 0.903. The molecule has 18 heteroatoms. The molecule has 5 atom stereocenters. The van der Waals surface area contributed by atoms with E-state index in [0.29, 0.717) is 19.3 Å². The van der Waals surface area contributed by atoms with Crippen LogP contribution in [0.15, 0.2) is 158 Å². The highest BCUT2D eigenvalue weighted by Gasteiger charge is 2.29. The molecule has 0 saturated heterocycles. The van der Waals surface area contributed by atoms with Gasteiger partial charge < -0.3 is 34.2 Å². The van der Waals surface area contributed by atoms with Crippen LogP contribution < -0.4 is 0 Å². The molecular weight excluding hydrogens is 1480 g/mol. The average molecular weight is 1650 g/mol. The van der Waals surface area contributed by atoms with E-state index in [0.717, 1.165) is 167 Å². The van der Waals surface area contributed by atoms with Gasteiger partial charge in [-0.3, -0.25) is 32.5 Å². The molecule has 0 amide bonds. The van der Waals surface area contributed by atoms with Gasteiger partial charge >= 0.3 is 33.6 Å². The van der Waals surface area contributed by atoms with Crippen LogP contribution in [-0.2, 0) is 55.8 Å². The zero-order chi connectivity index (χ0) is 83.6. The van der Waals surface area contributed by atoms with Crippen LogP contribution >= 0.6 is 15.6 Å². The van der Waals surface area contributed by atoms with Gasteiger partial charge in [0.2, 0.25) is 0 Å². The van der Waals surface area contributed by atoms with E-state index in [2.05, 4.69) is 179 Å². The van der Waals surface area contributed by atoms with E-state index in [4.69, 9.17) is 32.3 Å². The molecule has 0 rings (SSSR count). The molecule has 0 aliphatic carbocycles. The van der Waals surface area contributed by atoms with Crippen molar-refractivity contribution in [2.75, 3.05) is 39.6 Å². The van der Waals surface area contributed by atoms with Crippen molar-refractivity contribution in [3.8, 4) is 0 Å². The molecule has 0 aliphatic heterocycles. The fourth-order valence-electron chi connectivity index (χ4n) is 12.3. The van der Waals surface area contributed by atoms with Gasteiger partial charge in [0.1, 0.15) is 25.4 Å². The van der Waals surface area contributed by atoms with Gasteiger partial charge in [-0.05, 0) is 154 Å². The number of phosphoric ester groups is 2. The van der Waals surface area contributed by atoms with Crippen LogP contribution in [0.4, 0.5) is 0 Å². The Morgan fingerprint density at radius 2 is 0.461 bits per heavy atom. The van der Waals surface area contributed by atoms with Crippen LogP contribution in [0.2, 0.25) is 0 Å². The summed E-state index contributed by atoms with van der Waals surface area (Å²) in [6.07, 6.45) is 113. The number of rotatable bonds is 86. The maximum Gasteiger partial charge on any atom is 0.472 e. The molecule has 0 fully saturated rings. The van der Waals surface area contributed by atoms with Crippen molar-refractivity contribution >= 4 is 33.6 Å².